The highest BCUT2D eigenvalue weighted by atomic mass is 16.2. The van der Waals surface area contributed by atoms with Crippen LogP contribution in [0.1, 0.15) is 19.9 Å². The SMILES string of the molecule is CCN(C(=O)C(C)n1nc(-c2cccnc2)ccc1=O)c1ccccc1. The summed E-state index contributed by atoms with van der Waals surface area (Å²) in [6.45, 7) is 4.10. The van der Waals surface area contributed by atoms with Crippen molar-refractivity contribution in [2.45, 2.75) is 19.9 Å². The Bertz CT molecular complexity index is 939. The fraction of sp³-hybridized carbons (Fsp3) is 0.200. The molecule has 2 aromatic heterocycles. The van der Waals surface area contributed by atoms with Gasteiger partial charge in [0.05, 0.1) is 5.69 Å². The third-order valence-corrected chi connectivity index (χ3v) is 4.16. The predicted molar refractivity (Wildman–Crippen MR) is 101 cm³/mol. The highest BCUT2D eigenvalue weighted by Crippen LogP contribution is 2.19. The number of benzene rings is 1. The summed E-state index contributed by atoms with van der Waals surface area (Å²) in [5, 5.41) is 4.39. The molecule has 0 aliphatic carbocycles. The van der Waals surface area contributed by atoms with E-state index in [1.807, 2.05) is 43.3 Å². The van der Waals surface area contributed by atoms with Gasteiger partial charge in [-0.15, -0.1) is 0 Å². The van der Waals surface area contributed by atoms with Gasteiger partial charge < -0.3 is 4.90 Å². The molecule has 0 fully saturated rings. The number of carbonyl (C=O) groups is 1. The van der Waals surface area contributed by atoms with Gasteiger partial charge in [-0.3, -0.25) is 14.6 Å². The van der Waals surface area contributed by atoms with Crippen molar-refractivity contribution >= 4 is 11.6 Å². The van der Waals surface area contributed by atoms with E-state index in [0.29, 0.717) is 12.2 Å². The van der Waals surface area contributed by atoms with Gasteiger partial charge >= 0.3 is 0 Å². The molecule has 6 heteroatoms. The van der Waals surface area contributed by atoms with Gasteiger partial charge in [-0.25, -0.2) is 4.68 Å². The molecule has 0 saturated heterocycles. The molecule has 0 spiro atoms. The van der Waals surface area contributed by atoms with Gasteiger partial charge in [0.1, 0.15) is 6.04 Å². The second kappa shape index (κ2) is 7.74. The fourth-order valence-electron chi connectivity index (χ4n) is 2.77. The maximum Gasteiger partial charge on any atom is 0.267 e. The Morgan fingerprint density at radius 3 is 2.54 bits per heavy atom. The van der Waals surface area contributed by atoms with E-state index in [2.05, 4.69) is 10.1 Å². The number of rotatable bonds is 5. The number of anilines is 1. The molecule has 132 valence electrons. The maximum absolute atomic E-state index is 13.0. The number of aromatic nitrogens is 3. The zero-order chi connectivity index (χ0) is 18.5. The number of amides is 1. The molecule has 1 unspecified atom stereocenters. The molecular weight excluding hydrogens is 328 g/mol. The molecule has 26 heavy (non-hydrogen) atoms. The van der Waals surface area contributed by atoms with Crippen molar-refractivity contribution in [1.82, 2.24) is 14.8 Å². The number of hydrogen-bond donors (Lipinski definition) is 0. The molecule has 0 bridgehead atoms. The summed E-state index contributed by atoms with van der Waals surface area (Å²) in [4.78, 5) is 31.0. The molecule has 3 aromatic rings. The topological polar surface area (TPSA) is 68.1 Å². The minimum absolute atomic E-state index is 0.184. The summed E-state index contributed by atoms with van der Waals surface area (Å²) in [7, 11) is 0. The Morgan fingerprint density at radius 2 is 1.88 bits per heavy atom. The van der Waals surface area contributed by atoms with Crippen molar-refractivity contribution in [3.63, 3.8) is 0 Å². The van der Waals surface area contributed by atoms with Gasteiger partial charge in [0.2, 0.25) is 0 Å². The van der Waals surface area contributed by atoms with E-state index < -0.39 is 6.04 Å². The van der Waals surface area contributed by atoms with Gasteiger partial charge in [0.15, 0.2) is 0 Å². The Kier molecular flexibility index (Phi) is 5.22. The number of pyridine rings is 1. The molecule has 6 nitrogen and oxygen atoms in total. The van der Waals surface area contributed by atoms with E-state index in [4.69, 9.17) is 0 Å². The molecule has 3 rings (SSSR count). The second-order valence-corrected chi connectivity index (χ2v) is 5.84. The lowest BCUT2D eigenvalue weighted by Gasteiger charge is -2.25. The molecule has 2 heterocycles. The van der Waals surface area contributed by atoms with Crippen molar-refractivity contribution < 1.29 is 4.79 Å². The zero-order valence-corrected chi connectivity index (χ0v) is 14.7. The van der Waals surface area contributed by atoms with Crippen LogP contribution in [-0.4, -0.2) is 27.2 Å². The third-order valence-electron chi connectivity index (χ3n) is 4.16. The largest absolute Gasteiger partial charge is 0.311 e. The lowest BCUT2D eigenvalue weighted by molar-refractivity contribution is -0.121. The summed E-state index contributed by atoms with van der Waals surface area (Å²) in [5.41, 5.74) is 1.86. The van der Waals surface area contributed by atoms with Crippen LogP contribution in [0.5, 0.6) is 0 Å². The van der Waals surface area contributed by atoms with Gasteiger partial charge in [0, 0.05) is 36.3 Å². The standard InChI is InChI=1S/C20H20N4O2/c1-3-23(17-9-5-4-6-10-17)20(26)15(2)24-19(25)12-11-18(22-24)16-8-7-13-21-14-16/h4-15H,3H2,1-2H3. The molecule has 0 saturated carbocycles. The lowest BCUT2D eigenvalue weighted by atomic mass is 10.2. The first-order valence-electron chi connectivity index (χ1n) is 8.48. The Hall–Kier alpha value is -3.28. The summed E-state index contributed by atoms with van der Waals surface area (Å²) < 4.78 is 1.23. The summed E-state index contributed by atoms with van der Waals surface area (Å²) in [6.07, 6.45) is 3.34. The van der Waals surface area contributed by atoms with E-state index in [-0.39, 0.29) is 11.5 Å². The molecule has 0 N–H and O–H groups in total. The molecule has 0 aliphatic rings. The van der Waals surface area contributed by atoms with Gasteiger partial charge in [-0.05, 0) is 44.2 Å². The number of likely N-dealkylation sites (N-methyl/N-ethyl adjacent to an activating group) is 1. The molecule has 1 amide bonds. The fourth-order valence-corrected chi connectivity index (χ4v) is 2.77. The molecule has 0 radical (unpaired) electrons. The normalized spacial score (nSPS) is 11.8. The maximum atomic E-state index is 13.0. The van der Waals surface area contributed by atoms with E-state index in [1.54, 1.807) is 36.4 Å². The second-order valence-electron chi connectivity index (χ2n) is 5.84. The molecular formula is C20H20N4O2. The van der Waals surface area contributed by atoms with Crippen LogP contribution in [0.25, 0.3) is 11.3 Å². The Morgan fingerprint density at radius 1 is 1.12 bits per heavy atom. The van der Waals surface area contributed by atoms with Crippen molar-refractivity contribution in [1.29, 1.82) is 0 Å². The van der Waals surface area contributed by atoms with Gasteiger partial charge in [0.25, 0.3) is 11.5 Å². The first-order chi connectivity index (χ1) is 12.6. The van der Waals surface area contributed by atoms with Crippen LogP contribution >= 0.6 is 0 Å². The van der Waals surface area contributed by atoms with Crippen LogP contribution in [0.15, 0.2) is 71.8 Å². The monoisotopic (exact) mass is 348 g/mol. The van der Waals surface area contributed by atoms with E-state index >= 15 is 0 Å². The number of carbonyl (C=O) groups excluding carboxylic acids is 1. The minimum Gasteiger partial charge on any atom is -0.311 e. The molecule has 1 atom stereocenters. The van der Waals surface area contributed by atoms with E-state index in [1.165, 1.54) is 10.7 Å². The van der Waals surface area contributed by atoms with Crippen LogP contribution in [0.3, 0.4) is 0 Å². The predicted octanol–water partition coefficient (Wildman–Crippen LogP) is 2.92. The summed E-state index contributed by atoms with van der Waals surface area (Å²) in [5.74, 6) is -0.184. The number of hydrogen-bond acceptors (Lipinski definition) is 4. The van der Waals surface area contributed by atoms with E-state index in [0.717, 1.165) is 11.3 Å². The Balaban J connectivity index is 1.95. The van der Waals surface area contributed by atoms with Crippen molar-refractivity contribution in [3.8, 4) is 11.3 Å². The van der Waals surface area contributed by atoms with Crippen LogP contribution in [0.2, 0.25) is 0 Å². The van der Waals surface area contributed by atoms with Crippen molar-refractivity contribution in [2.75, 3.05) is 11.4 Å². The lowest BCUT2D eigenvalue weighted by Crippen LogP contribution is -2.40. The smallest absolute Gasteiger partial charge is 0.267 e. The highest BCUT2D eigenvalue weighted by molar-refractivity contribution is 5.95. The van der Waals surface area contributed by atoms with Crippen molar-refractivity contribution in [2.24, 2.45) is 0 Å². The summed E-state index contributed by atoms with van der Waals surface area (Å²) in [6, 6.07) is 15.4. The van der Waals surface area contributed by atoms with E-state index in [9.17, 15) is 9.59 Å². The number of nitrogens with zero attached hydrogens (tertiary/aromatic N) is 4. The van der Waals surface area contributed by atoms with Crippen LogP contribution < -0.4 is 10.5 Å². The third kappa shape index (κ3) is 3.54. The van der Waals surface area contributed by atoms with Crippen molar-refractivity contribution in [3.05, 3.63) is 77.3 Å². The first kappa shape index (κ1) is 17.5. The minimum atomic E-state index is -0.723. The average Bonchev–Trinajstić information content (AvgIpc) is 2.70. The average molecular weight is 348 g/mol. The van der Waals surface area contributed by atoms with Crippen LogP contribution in [-0.2, 0) is 4.79 Å². The summed E-state index contributed by atoms with van der Waals surface area (Å²) >= 11 is 0. The molecule has 0 aliphatic heterocycles. The first-order valence-corrected chi connectivity index (χ1v) is 8.48. The Labute approximate surface area is 151 Å². The quantitative estimate of drug-likeness (QED) is 0.711. The van der Waals surface area contributed by atoms with Crippen LogP contribution in [0.4, 0.5) is 5.69 Å². The van der Waals surface area contributed by atoms with Gasteiger partial charge in [-0.1, -0.05) is 18.2 Å². The number of para-hydroxylation sites is 1. The van der Waals surface area contributed by atoms with Crippen LogP contribution in [0, 0.1) is 0 Å². The molecule has 1 aromatic carbocycles. The zero-order valence-electron chi connectivity index (χ0n) is 14.7. The van der Waals surface area contributed by atoms with Gasteiger partial charge in [-0.2, -0.15) is 5.10 Å². The highest BCUT2D eigenvalue weighted by Gasteiger charge is 2.24.